The third kappa shape index (κ3) is 1.19. The minimum Gasteiger partial charge on any atom is -0.397 e. The summed E-state index contributed by atoms with van der Waals surface area (Å²) in [5.41, 5.74) is 6.71. The van der Waals surface area contributed by atoms with Crippen molar-refractivity contribution >= 4 is 23.3 Å². The Morgan fingerprint density at radius 2 is 1.83 bits per heavy atom. The van der Waals surface area contributed by atoms with Gasteiger partial charge in [0.2, 0.25) is 11.8 Å². The van der Waals surface area contributed by atoms with Crippen LogP contribution in [0.15, 0.2) is 12.3 Å². The highest BCUT2D eigenvalue weighted by Gasteiger charge is 2.73. The van der Waals surface area contributed by atoms with Gasteiger partial charge in [-0.1, -0.05) is 13.8 Å². The highest BCUT2D eigenvalue weighted by molar-refractivity contribution is 6.25. The third-order valence-corrected chi connectivity index (χ3v) is 4.08. The summed E-state index contributed by atoms with van der Waals surface area (Å²) >= 11 is 0. The Bertz CT molecular complexity index is 556. The molecule has 5 heteroatoms. The first-order valence-electron chi connectivity index (χ1n) is 5.95. The Morgan fingerprint density at radius 3 is 2.33 bits per heavy atom. The predicted molar refractivity (Wildman–Crippen MR) is 66.6 cm³/mol. The Morgan fingerprint density at radius 1 is 1.28 bits per heavy atom. The van der Waals surface area contributed by atoms with Crippen LogP contribution in [0.2, 0.25) is 0 Å². The summed E-state index contributed by atoms with van der Waals surface area (Å²) in [6.45, 7) is 5.71. The first kappa shape index (κ1) is 11.2. The molecule has 5 nitrogen and oxygen atoms in total. The predicted octanol–water partition coefficient (Wildman–Crippen LogP) is 1.12. The summed E-state index contributed by atoms with van der Waals surface area (Å²) in [4.78, 5) is 29.8. The maximum atomic E-state index is 12.2. The SMILES string of the molecule is Cc1cc(N)cnc1N1C(=O)C2C(C1=O)C2(C)C. The van der Waals surface area contributed by atoms with Gasteiger partial charge in [-0.2, -0.15) is 0 Å². The van der Waals surface area contributed by atoms with Gasteiger partial charge in [0, 0.05) is 0 Å². The summed E-state index contributed by atoms with van der Waals surface area (Å²) in [6.07, 6.45) is 1.47. The van der Waals surface area contributed by atoms with Gasteiger partial charge in [0.25, 0.3) is 0 Å². The average Bonchev–Trinajstić information content (AvgIpc) is 2.72. The highest BCUT2D eigenvalue weighted by atomic mass is 16.2. The quantitative estimate of drug-likeness (QED) is 0.752. The van der Waals surface area contributed by atoms with Gasteiger partial charge in [-0.25, -0.2) is 9.88 Å². The lowest BCUT2D eigenvalue weighted by Gasteiger charge is -2.21. The molecular weight excluding hydrogens is 230 g/mol. The van der Waals surface area contributed by atoms with Crippen LogP contribution in [0, 0.1) is 24.2 Å². The second-order valence-corrected chi connectivity index (χ2v) is 5.70. The first-order chi connectivity index (χ1) is 8.35. The number of nitrogen functional groups attached to an aromatic ring is 1. The van der Waals surface area contributed by atoms with E-state index >= 15 is 0 Å². The van der Waals surface area contributed by atoms with E-state index in [9.17, 15) is 9.59 Å². The fourth-order valence-corrected chi connectivity index (χ4v) is 2.98. The minimum absolute atomic E-state index is 0.129. The van der Waals surface area contributed by atoms with E-state index in [2.05, 4.69) is 4.98 Å². The molecule has 1 aromatic heterocycles. The topological polar surface area (TPSA) is 76.3 Å². The van der Waals surface area contributed by atoms with Gasteiger partial charge < -0.3 is 5.73 Å². The van der Waals surface area contributed by atoms with E-state index in [0.29, 0.717) is 11.5 Å². The van der Waals surface area contributed by atoms with Crippen LogP contribution in [0.4, 0.5) is 11.5 Å². The first-order valence-corrected chi connectivity index (χ1v) is 5.95. The van der Waals surface area contributed by atoms with E-state index in [0.717, 1.165) is 5.56 Å². The Balaban J connectivity index is 2.01. The lowest BCUT2D eigenvalue weighted by atomic mass is 10.1. The van der Waals surface area contributed by atoms with Gasteiger partial charge in [0.15, 0.2) is 0 Å². The number of hydrogen-bond acceptors (Lipinski definition) is 4. The smallest absolute Gasteiger partial charge is 0.239 e. The summed E-state index contributed by atoms with van der Waals surface area (Å²) in [6, 6.07) is 1.72. The summed E-state index contributed by atoms with van der Waals surface area (Å²) in [5, 5.41) is 0. The van der Waals surface area contributed by atoms with Crippen molar-refractivity contribution < 1.29 is 9.59 Å². The number of imide groups is 1. The van der Waals surface area contributed by atoms with Crippen molar-refractivity contribution in [3.05, 3.63) is 17.8 Å². The van der Waals surface area contributed by atoms with Crippen LogP contribution in [0.3, 0.4) is 0 Å². The molecule has 0 bridgehead atoms. The summed E-state index contributed by atoms with van der Waals surface area (Å²) < 4.78 is 0. The second-order valence-electron chi connectivity index (χ2n) is 5.70. The van der Waals surface area contributed by atoms with E-state index in [1.165, 1.54) is 11.1 Å². The lowest BCUT2D eigenvalue weighted by molar-refractivity contribution is -0.125. The number of rotatable bonds is 1. The summed E-state index contributed by atoms with van der Waals surface area (Å²) in [7, 11) is 0. The van der Waals surface area contributed by atoms with Crippen LogP contribution in [-0.2, 0) is 9.59 Å². The molecular formula is C13H15N3O2. The molecule has 2 unspecified atom stereocenters. The summed E-state index contributed by atoms with van der Waals surface area (Å²) in [5.74, 6) is -0.194. The van der Waals surface area contributed by atoms with Crippen molar-refractivity contribution in [2.24, 2.45) is 17.3 Å². The fourth-order valence-electron chi connectivity index (χ4n) is 2.98. The second kappa shape index (κ2) is 3.10. The zero-order chi connectivity index (χ0) is 13.2. The molecule has 1 saturated carbocycles. The van der Waals surface area contributed by atoms with Crippen molar-refractivity contribution in [1.29, 1.82) is 0 Å². The van der Waals surface area contributed by atoms with Crippen LogP contribution < -0.4 is 10.6 Å². The van der Waals surface area contributed by atoms with Gasteiger partial charge in [0.05, 0.1) is 23.7 Å². The Hall–Kier alpha value is -1.91. The number of aromatic nitrogens is 1. The molecule has 18 heavy (non-hydrogen) atoms. The molecule has 1 aliphatic heterocycles. The minimum atomic E-state index is -0.188. The highest BCUT2D eigenvalue weighted by Crippen LogP contribution is 2.63. The van der Waals surface area contributed by atoms with Crippen molar-refractivity contribution in [2.75, 3.05) is 10.6 Å². The molecule has 3 rings (SSSR count). The van der Waals surface area contributed by atoms with Gasteiger partial charge in [-0.3, -0.25) is 9.59 Å². The number of hydrogen-bond donors (Lipinski definition) is 1. The van der Waals surface area contributed by atoms with Crippen LogP contribution in [0.25, 0.3) is 0 Å². The molecule has 2 aliphatic rings. The molecule has 1 saturated heterocycles. The van der Waals surface area contributed by atoms with Crippen LogP contribution in [-0.4, -0.2) is 16.8 Å². The number of nitrogens with two attached hydrogens (primary N) is 1. The van der Waals surface area contributed by atoms with Crippen molar-refractivity contribution in [2.45, 2.75) is 20.8 Å². The van der Waals surface area contributed by atoms with Crippen LogP contribution >= 0.6 is 0 Å². The van der Waals surface area contributed by atoms with Crippen LogP contribution in [0.1, 0.15) is 19.4 Å². The van der Waals surface area contributed by atoms with Gasteiger partial charge in [0.1, 0.15) is 5.82 Å². The molecule has 0 aromatic carbocycles. The molecule has 0 radical (unpaired) electrons. The van der Waals surface area contributed by atoms with Gasteiger partial charge in [-0.05, 0) is 24.0 Å². The number of anilines is 2. The zero-order valence-corrected chi connectivity index (χ0v) is 10.6. The Kier molecular flexibility index (Phi) is 1.93. The van der Waals surface area contributed by atoms with E-state index in [-0.39, 0.29) is 29.1 Å². The maximum absolute atomic E-state index is 12.2. The zero-order valence-electron chi connectivity index (χ0n) is 10.6. The number of carbonyl (C=O) groups excluding carboxylic acids is 2. The molecule has 2 amide bonds. The number of fused-ring (bicyclic) bond motifs is 1. The molecule has 2 fully saturated rings. The number of piperidine rings is 1. The molecule has 2 heterocycles. The molecule has 2 atom stereocenters. The van der Waals surface area contributed by atoms with E-state index in [4.69, 9.17) is 5.73 Å². The average molecular weight is 245 g/mol. The molecule has 94 valence electrons. The van der Waals surface area contributed by atoms with Crippen molar-refractivity contribution in [3.63, 3.8) is 0 Å². The van der Waals surface area contributed by atoms with Crippen molar-refractivity contribution in [1.82, 2.24) is 4.98 Å². The van der Waals surface area contributed by atoms with E-state index in [1.54, 1.807) is 13.0 Å². The molecule has 1 aliphatic carbocycles. The number of aryl methyl sites for hydroxylation is 1. The number of nitrogens with zero attached hydrogens (tertiary/aromatic N) is 2. The normalized spacial score (nSPS) is 28.5. The number of carbonyl (C=O) groups is 2. The maximum Gasteiger partial charge on any atom is 0.239 e. The monoisotopic (exact) mass is 245 g/mol. The standard InChI is InChI=1S/C13H15N3O2/c1-6-4-7(14)5-15-10(6)16-11(17)8-9(12(16)18)13(8,2)3/h4-5,8-9H,14H2,1-3H3. The Labute approximate surface area is 105 Å². The van der Waals surface area contributed by atoms with Crippen LogP contribution in [0.5, 0.6) is 0 Å². The third-order valence-electron chi connectivity index (χ3n) is 4.08. The molecule has 1 aromatic rings. The van der Waals surface area contributed by atoms with E-state index < -0.39 is 0 Å². The molecule has 2 N–H and O–H groups in total. The fraction of sp³-hybridized carbons (Fsp3) is 0.462. The largest absolute Gasteiger partial charge is 0.397 e. The number of pyridine rings is 1. The van der Waals surface area contributed by atoms with Gasteiger partial charge in [-0.15, -0.1) is 0 Å². The lowest BCUT2D eigenvalue weighted by Crippen LogP contribution is -2.37. The number of amides is 2. The van der Waals surface area contributed by atoms with Crippen molar-refractivity contribution in [3.8, 4) is 0 Å². The van der Waals surface area contributed by atoms with Gasteiger partial charge >= 0.3 is 0 Å². The molecule has 0 spiro atoms. The van der Waals surface area contributed by atoms with E-state index in [1.807, 2.05) is 13.8 Å².